The zero-order valence-electron chi connectivity index (χ0n) is 11.0. The highest BCUT2D eigenvalue weighted by atomic mass is 35.5. The number of hydrogen-bond donors (Lipinski definition) is 0. The van der Waals surface area contributed by atoms with Gasteiger partial charge in [0.05, 0.1) is 11.3 Å². The molecule has 0 radical (unpaired) electrons. The van der Waals surface area contributed by atoms with Gasteiger partial charge in [0.1, 0.15) is 6.10 Å². The molecule has 110 valence electrons. The maximum Gasteiger partial charge on any atom is 0.417 e. The molecule has 0 spiro atoms. The third kappa shape index (κ3) is 3.66. The summed E-state index contributed by atoms with van der Waals surface area (Å²) in [4.78, 5) is 5.30. The molecule has 0 saturated heterocycles. The fourth-order valence-electron chi connectivity index (χ4n) is 2.26. The molecule has 1 aliphatic carbocycles. The van der Waals surface area contributed by atoms with E-state index in [1.165, 1.54) is 19.1 Å². The van der Waals surface area contributed by atoms with Gasteiger partial charge in [-0.25, -0.2) is 0 Å². The number of nitrogens with zero attached hydrogens (tertiary/aromatic N) is 1. The second-order valence-electron chi connectivity index (χ2n) is 4.88. The van der Waals surface area contributed by atoms with Crippen LogP contribution in [-0.2, 0) is 11.0 Å². The van der Waals surface area contributed by atoms with E-state index < -0.39 is 11.7 Å². The summed E-state index contributed by atoms with van der Waals surface area (Å²) in [5.41, 5.74) is -0.604. The van der Waals surface area contributed by atoms with Gasteiger partial charge in [0.15, 0.2) is 0 Å². The van der Waals surface area contributed by atoms with E-state index in [1.54, 1.807) is 0 Å². The van der Waals surface area contributed by atoms with Gasteiger partial charge in [-0.3, -0.25) is 0 Å². The maximum atomic E-state index is 12.9. The third-order valence-corrected chi connectivity index (χ3v) is 3.55. The van der Waals surface area contributed by atoms with E-state index in [1.807, 2.05) is 0 Å². The first-order valence-electron chi connectivity index (χ1n) is 6.45. The summed E-state index contributed by atoms with van der Waals surface area (Å²) >= 11 is 5.78. The Kier molecular flexibility index (Phi) is 4.58. The molecule has 1 fully saturated rings. The lowest BCUT2D eigenvalue weighted by atomic mass is 10.0. The lowest BCUT2D eigenvalue weighted by Gasteiger charge is -2.13. The number of halogens is 4. The van der Waals surface area contributed by atoms with Crippen LogP contribution < -0.4 is 0 Å². The normalized spacial score (nSPS) is 17.6. The Labute approximate surface area is 120 Å². The summed E-state index contributed by atoms with van der Waals surface area (Å²) in [5.74, 6) is 0. The van der Waals surface area contributed by atoms with Crippen LogP contribution in [0.5, 0.6) is 0 Å². The van der Waals surface area contributed by atoms with E-state index in [0.717, 1.165) is 31.7 Å². The van der Waals surface area contributed by atoms with Crippen molar-refractivity contribution in [3.8, 4) is 0 Å². The molecule has 6 heteroatoms. The van der Waals surface area contributed by atoms with Crippen LogP contribution in [0.4, 0.5) is 13.2 Å². The molecule has 0 N–H and O–H groups in total. The summed E-state index contributed by atoms with van der Waals surface area (Å²) in [6, 6.07) is 3.45. The Bertz CT molecular complexity index is 508. The number of hydrogen-bond acceptors (Lipinski definition) is 2. The van der Waals surface area contributed by atoms with Crippen LogP contribution in [0.15, 0.2) is 23.4 Å². The predicted molar refractivity (Wildman–Crippen MR) is 72.0 cm³/mol. The molecule has 0 amide bonds. The minimum atomic E-state index is -4.44. The van der Waals surface area contributed by atoms with Crippen molar-refractivity contribution in [2.75, 3.05) is 0 Å². The van der Waals surface area contributed by atoms with E-state index in [-0.39, 0.29) is 22.4 Å². The molecule has 1 saturated carbocycles. The molecule has 2 rings (SSSR count). The SMILES string of the molecule is CC(=NOC1CCCC1)c1cc(Cl)ccc1C(F)(F)F. The fraction of sp³-hybridized carbons (Fsp3) is 0.500. The molecule has 0 unspecified atom stereocenters. The molecule has 2 nitrogen and oxygen atoms in total. The van der Waals surface area contributed by atoms with Gasteiger partial charge in [-0.15, -0.1) is 0 Å². The average Bonchev–Trinajstić information content (AvgIpc) is 2.87. The Morgan fingerprint density at radius 2 is 1.95 bits per heavy atom. The highest BCUT2D eigenvalue weighted by Gasteiger charge is 2.34. The minimum absolute atomic E-state index is 0.0125. The quantitative estimate of drug-likeness (QED) is 0.566. The van der Waals surface area contributed by atoms with E-state index in [9.17, 15) is 13.2 Å². The number of rotatable bonds is 3. The molecule has 20 heavy (non-hydrogen) atoms. The molecular weight excluding hydrogens is 291 g/mol. The van der Waals surface area contributed by atoms with Gasteiger partial charge in [0.2, 0.25) is 0 Å². The first kappa shape index (κ1) is 15.2. The third-order valence-electron chi connectivity index (χ3n) is 3.32. The topological polar surface area (TPSA) is 21.6 Å². The number of alkyl halides is 3. The van der Waals surface area contributed by atoms with Crippen molar-refractivity contribution >= 4 is 17.3 Å². The number of benzene rings is 1. The summed E-state index contributed by atoms with van der Waals surface area (Å²) in [5, 5.41) is 4.09. The van der Waals surface area contributed by atoms with Crippen molar-refractivity contribution in [2.24, 2.45) is 5.16 Å². The highest BCUT2D eigenvalue weighted by Crippen LogP contribution is 2.33. The first-order valence-corrected chi connectivity index (χ1v) is 6.83. The van der Waals surface area contributed by atoms with E-state index in [0.29, 0.717) is 0 Å². The Hall–Kier alpha value is -1.23. The van der Waals surface area contributed by atoms with Gasteiger partial charge in [-0.1, -0.05) is 16.8 Å². The molecule has 1 aromatic rings. The van der Waals surface area contributed by atoms with Gasteiger partial charge in [0.25, 0.3) is 0 Å². The van der Waals surface area contributed by atoms with Gasteiger partial charge in [-0.05, 0) is 50.8 Å². The molecule has 0 atom stereocenters. The molecule has 0 bridgehead atoms. The van der Waals surface area contributed by atoms with Gasteiger partial charge >= 0.3 is 6.18 Å². The van der Waals surface area contributed by atoms with Crippen molar-refractivity contribution in [3.05, 3.63) is 34.3 Å². The zero-order valence-corrected chi connectivity index (χ0v) is 11.8. The summed E-state index contributed by atoms with van der Waals surface area (Å²) in [6.45, 7) is 1.50. The van der Waals surface area contributed by atoms with Crippen LogP contribution in [0.3, 0.4) is 0 Å². The van der Waals surface area contributed by atoms with Crippen LogP contribution in [0.2, 0.25) is 5.02 Å². The van der Waals surface area contributed by atoms with Crippen LogP contribution in [0.1, 0.15) is 43.7 Å². The van der Waals surface area contributed by atoms with Crippen molar-refractivity contribution < 1.29 is 18.0 Å². The van der Waals surface area contributed by atoms with E-state index >= 15 is 0 Å². The van der Waals surface area contributed by atoms with E-state index in [2.05, 4.69) is 5.16 Å². The highest BCUT2D eigenvalue weighted by molar-refractivity contribution is 6.31. The minimum Gasteiger partial charge on any atom is -0.392 e. The van der Waals surface area contributed by atoms with Gasteiger partial charge in [-0.2, -0.15) is 13.2 Å². The Balaban J connectivity index is 2.25. The molecule has 0 aliphatic heterocycles. The second-order valence-corrected chi connectivity index (χ2v) is 5.31. The zero-order chi connectivity index (χ0) is 14.8. The standard InChI is InChI=1S/C14H15ClF3NO/c1-9(19-20-11-4-2-3-5-11)12-8-10(15)6-7-13(12)14(16,17)18/h6-8,11H,2-5H2,1H3. The Morgan fingerprint density at radius 3 is 2.55 bits per heavy atom. The summed E-state index contributed by atoms with van der Waals surface area (Å²) < 4.78 is 38.8. The van der Waals surface area contributed by atoms with E-state index in [4.69, 9.17) is 16.4 Å². The maximum absolute atomic E-state index is 12.9. The Morgan fingerprint density at radius 1 is 1.30 bits per heavy atom. The number of oxime groups is 1. The van der Waals surface area contributed by atoms with Crippen LogP contribution in [0, 0.1) is 0 Å². The van der Waals surface area contributed by atoms with Crippen molar-refractivity contribution in [1.29, 1.82) is 0 Å². The largest absolute Gasteiger partial charge is 0.417 e. The molecular formula is C14H15ClF3NO. The van der Waals surface area contributed by atoms with Crippen LogP contribution in [-0.4, -0.2) is 11.8 Å². The fourth-order valence-corrected chi connectivity index (χ4v) is 2.43. The van der Waals surface area contributed by atoms with Crippen LogP contribution >= 0.6 is 11.6 Å². The van der Waals surface area contributed by atoms with Crippen molar-refractivity contribution in [3.63, 3.8) is 0 Å². The lowest BCUT2D eigenvalue weighted by Crippen LogP contribution is -2.13. The molecule has 0 heterocycles. The molecule has 1 aromatic carbocycles. The van der Waals surface area contributed by atoms with Crippen molar-refractivity contribution in [1.82, 2.24) is 0 Å². The average molecular weight is 306 g/mol. The molecule has 1 aliphatic rings. The smallest absolute Gasteiger partial charge is 0.392 e. The van der Waals surface area contributed by atoms with Crippen LogP contribution in [0.25, 0.3) is 0 Å². The van der Waals surface area contributed by atoms with Gasteiger partial charge < -0.3 is 4.84 Å². The second kappa shape index (κ2) is 6.04. The summed E-state index contributed by atoms with van der Waals surface area (Å²) in [6.07, 6.45) is -0.478. The van der Waals surface area contributed by atoms with Gasteiger partial charge in [0, 0.05) is 10.6 Å². The summed E-state index contributed by atoms with van der Waals surface area (Å²) in [7, 11) is 0. The first-order chi connectivity index (χ1) is 9.38. The van der Waals surface area contributed by atoms with Crippen molar-refractivity contribution in [2.45, 2.75) is 44.9 Å². The molecule has 0 aromatic heterocycles. The monoisotopic (exact) mass is 305 g/mol. The predicted octanol–water partition coefficient (Wildman–Crippen LogP) is 5.04. The lowest BCUT2D eigenvalue weighted by molar-refractivity contribution is -0.137.